The molecule has 0 saturated carbocycles. The van der Waals surface area contributed by atoms with Crippen LogP contribution in [0.15, 0.2) is 40.3 Å². The van der Waals surface area contributed by atoms with Gasteiger partial charge in [0.05, 0.1) is 10.9 Å². The number of carbonyl (C=O) groups is 1. The van der Waals surface area contributed by atoms with Crippen molar-refractivity contribution in [3.63, 3.8) is 0 Å². The molecule has 0 bridgehead atoms. The maximum atomic E-state index is 12.9. The largest absolute Gasteiger partial charge is 0.325 e. The molecule has 2 aromatic rings. The minimum atomic E-state index is -0.416. The Balaban J connectivity index is 2.12. The maximum absolute atomic E-state index is 12.9. The van der Waals surface area contributed by atoms with Crippen LogP contribution >= 0.6 is 11.8 Å². The van der Waals surface area contributed by atoms with Crippen LogP contribution in [-0.4, -0.2) is 21.1 Å². The normalized spacial score (nSPS) is 12.2. The van der Waals surface area contributed by atoms with Crippen molar-refractivity contribution >= 4 is 23.4 Å². The number of hydrogen-bond donors (Lipinski definition) is 2. The average Bonchev–Trinajstić information content (AvgIpc) is 2.54. The summed E-state index contributed by atoms with van der Waals surface area (Å²) in [7, 11) is 0. The predicted molar refractivity (Wildman–Crippen MR) is 93.9 cm³/mol. The molecule has 1 aromatic carbocycles. The van der Waals surface area contributed by atoms with Gasteiger partial charge in [-0.15, -0.1) is 0 Å². The SMILES string of the molecule is CCC(Sc1nc(C(C)C)cc(=O)[nH]1)C(=O)Nc1ccc(F)cc1. The van der Waals surface area contributed by atoms with Gasteiger partial charge in [0.15, 0.2) is 5.16 Å². The van der Waals surface area contributed by atoms with Gasteiger partial charge in [-0.05, 0) is 36.6 Å². The van der Waals surface area contributed by atoms with Crippen LogP contribution in [0.2, 0.25) is 0 Å². The molecule has 1 unspecified atom stereocenters. The molecule has 1 atom stereocenters. The molecule has 0 aliphatic rings. The lowest BCUT2D eigenvalue weighted by molar-refractivity contribution is -0.115. The molecule has 0 radical (unpaired) electrons. The lowest BCUT2D eigenvalue weighted by Crippen LogP contribution is -2.25. The Bertz CT molecular complexity index is 759. The zero-order valence-electron chi connectivity index (χ0n) is 13.8. The molecule has 1 aromatic heterocycles. The molecule has 2 N–H and O–H groups in total. The van der Waals surface area contributed by atoms with Crippen LogP contribution in [0.25, 0.3) is 0 Å². The lowest BCUT2D eigenvalue weighted by Gasteiger charge is -2.15. The minimum absolute atomic E-state index is 0.125. The third kappa shape index (κ3) is 4.92. The molecule has 7 heteroatoms. The van der Waals surface area contributed by atoms with Gasteiger partial charge >= 0.3 is 0 Å². The van der Waals surface area contributed by atoms with E-state index < -0.39 is 5.25 Å². The minimum Gasteiger partial charge on any atom is -0.325 e. The first-order valence-corrected chi connectivity index (χ1v) is 8.61. The van der Waals surface area contributed by atoms with E-state index in [2.05, 4.69) is 15.3 Å². The van der Waals surface area contributed by atoms with E-state index in [1.807, 2.05) is 20.8 Å². The summed E-state index contributed by atoms with van der Waals surface area (Å²) in [5, 5.41) is 2.75. The fourth-order valence-corrected chi connectivity index (χ4v) is 2.94. The summed E-state index contributed by atoms with van der Waals surface area (Å²) in [6, 6.07) is 7.05. The van der Waals surface area contributed by atoms with Crippen molar-refractivity contribution in [1.82, 2.24) is 9.97 Å². The van der Waals surface area contributed by atoms with Gasteiger partial charge < -0.3 is 10.3 Å². The molecule has 1 amide bonds. The van der Waals surface area contributed by atoms with E-state index in [9.17, 15) is 14.0 Å². The molecule has 2 rings (SSSR count). The molecular formula is C17H20FN3O2S. The quantitative estimate of drug-likeness (QED) is 0.618. The van der Waals surface area contributed by atoms with Crippen molar-refractivity contribution in [2.45, 2.75) is 43.5 Å². The standard InChI is InChI=1S/C17H20FN3O2S/c1-4-14(16(23)19-12-7-5-11(18)6-8-12)24-17-20-13(10(2)3)9-15(22)21-17/h5-10,14H,4H2,1-3H3,(H,19,23)(H,20,21,22). The Morgan fingerprint density at radius 1 is 1.33 bits per heavy atom. The van der Waals surface area contributed by atoms with Crippen LogP contribution in [0.1, 0.15) is 38.8 Å². The lowest BCUT2D eigenvalue weighted by atomic mass is 10.1. The molecule has 128 valence electrons. The van der Waals surface area contributed by atoms with E-state index in [0.29, 0.717) is 23.0 Å². The van der Waals surface area contributed by atoms with Crippen molar-refractivity contribution in [1.29, 1.82) is 0 Å². The molecule has 5 nitrogen and oxygen atoms in total. The van der Waals surface area contributed by atoms with E-state index in [4.69, 9.17) is 0 Å². The molecule has 0 aliphatic heterocycles. The molecule has 0 fully saturated rings. The second-order valence-electron chi connectivity index (χ2n) is 5.64. The Morgan fingerprint density at radius 2 is 2.00 bits per heavy atom. The number of carbonyl (C=O) groups excluding carboxylic acids is 1. The zero-order valence-corrected chi connectivity index (χ0v) is 14.6. The third-order valence-electron chi connectivity index (χ3n) is 3.36. The van der Waals surface area contributed by atoms with E-state index in [1.54, 1.807) is 0 Å². The van der Waals surface area contributed by atoms with Gasteiger partial charge in [-0.3, -0.25) is 9.59 Å². The first kappa shape index (κ1) is 18.2. The fourth-order valence-electron chi connectivity index (χ4n) is 2.02. The van der Waals surface area contributed by atoms with Crippen molar-refractivity contribution in [2.75, 3.05) is 5.32 Å². The molecule has 0 saturated heterocycles. The first-order chi connectivity index (χ1) is 11.4. The molecule has 1 heterocycles. The van der Waals surface area contributed by atoms with Crippen LogP contribution in [0, 0.1) is 5.82 Å². The van der Waals surface area contributed by atoms with Crippen LogP contribution in [0.3, 0.4) is 0 Å². The highest BCUT2D eigenvalue weighted by Crippen LogP contribution is 2.24. The number of benzene rings is 1. The van der Waals surface area contributed by atoms with Gasteiger partial charge in [0.25, 0.3) is 5.56 Å². The zero-order chi connectivity index (χ0) is 17.7. The number of aromatic amines is 1. The van der Waals surface area contributed by atoms with Crippen molar-refractivity contribution < 1.29 is 9.18 Å². The van der Waals surface area contributed by atoms with Gasteiger partial charge in [-0.1, -0.05) is 32.5 Å². The summed E-state index contributed by atoms with van der Waals surface area (Å²) >= 11 is 1.21. The third-order valence-corrected chi connectivity index (χ3v) is 4.61. The van der Waals surface area contributed by atoms with Crippen LogP contribution < -0.4 is 10.9 Å². The number of anilines is 1. The Labute approximate surface area is 144 Å². The fraction of sp³-hybridized carbons (Fsp3) is 0.353. The van der Waals surface area contributed by atoms with Gasteiger partial charge in [0.1, 0.15) is 5.82 Å². The van der Waals surface area contributed by atoms with Crippen LogP contribution in [0.5, 0.6) is 0 Å². The Morgan fingerprint density at radius 3 is 2.58 bits per heavy atom. The average molecular weight is 349 g/mol. The van der Waals surface area contributed by atoms with E-state index in [0.717, 1.165) is 0 Å². The number of aromatic nitrogens is 2. The molecule has 0 aliphatic carbocycles. The van der Waals surface area contributed by atoms with Crippen molar-refractivity contribution in [2.24, 2.45) is 0 Å². The monoisotopic (exact) mass is 349 g/mol. The van der Waals surface area contributed by atoms with Gasteiger partial charge in [-0.25, -0.2) is 9.37 Å². The molecule has 24 heavy (non-hydrogen) atoms. The summed E-state index contributed by atoms with van der Waals surface area (Å²) in [6.07, 6.45) is 0.563. The highest BCUT2D eigenvalue weighted by Gasteiger charge is 2.20. The van der Waals surface area contributed by atoms with Crippen molar-refractivity contribution in [3.8, 4) is 0 Å². The van der Waals surface area contributed by atoms with E-state index in [1.165, 1.54) is 42.1 Å². The van der Waals surface area contributed by atoms with Gasteiger partial charge in [-0.2, -0.15) is 0 Å². The Hall–Kier alpha value is -2.15. The highest BCUT2D eigenvalue weighted by atomic mass is 32.2. The smallest absolute Gasteiger partial charge is 0.251 e. The number of amides is 1. The number of hydrogen-bond acceptors (Lipinski definition) is 4. The van der Waals surface area contributed by atoms with E-state index >= 15 is 0 Å². The van der Waals surface area contributed by atoms with Crippen LogP contribution in [-0.2, 0) is 4.79 Å². The molecular weight excluding hydrogens is 329 g/mol. The van der Waals surface area contributed by atoms with Gasteiger partial charge in [0.2, 0.25) is 5.91 Å². The number of rotatable bonds is 6. The Kier molecular flexibility index (Phi) is 6.14. The number of nitrogens with zero attached hydrogens (tertiary/aromatic N) is 1. The second kappa shape index (κ2) is 8.10. The second-order valence-corrected chi connectivity index (χ2v) is 6.83. The number of nitrogens with one attached hydrogen (secondary N) is 2. The number of thioether (sulfide) groups is 1. The van der Waals surface area contributed by atoms with Crippen LogP contribution in [0.4, 0.5) is 10.1 Å². The number of halogens is 1. The van der Waals surface area contributed by atoms with Crippen molar-refractivity contribution in [3.05, 3.63) is 52.2 Å². The van der Waals surface area contributed by atoms with E-state index in [-0.39, 0.29) is 23.2 Å². The summed E-state index contributed by atoms with van der Waals surface area (Å²) < 4.78 is 12.9. The predicted octanol–water partition coefficient (Wildman–Crippen LogP) is 3.54. The summed E-state index contributed by atoms with van der Waals surface area (Å²) in [6.45, 7) is 5.79. The summed E-state index contributed by atoms with van der Waals surface area (Å²) in [5.74, 6) is -0.451. The topological polar surface area (TPSA) is 74.8 Å². The summed E-state index contributed by atoms with van der Waals surface area (Å²) in [5.41, 5.74) is 0.984. The number of H-pyrrole nitrogens is 1. The van der Waals surface area contributed by atoms with Gasteiger partial charge in [0, 0.05) is 11.8 Å². The maximum Gasteiger partial charge on any atom is 0.251 e. The molecule has 0 spiro atoms. The highest BCUT2D eigenvalue weighted by molar-refractivity contribution is 8.00. The first-order valence-electron chi connectivity index (χ1n) is 7.73. The summed E-state index contributed by atoms with van der Waals surface area (Å²) in [4.78, 5) is 31.2.